The van der Waals surface area contributed by atoms with Gasteiger partial charge in [-0.05, 0) is 44.2 Å². The number of benzene rings is 2. The summed E-state index contributed by atoms with van der Waals surface area (Å²) in [6.45, 7) is 5.85. The Hall–Kier alpha value is -2.74. The fraction of sp³-hybridized carbons (Fsp3) is 0.333. The molecule has 1 saturated heterocycles. The van der Waals surface area contributed by atoms with Crippen molar-refractivity contribution in [3.63, 3.8) is 0 Å². The first-order valence-electron chi connectivity index (χ1n) is 10.6. The molecule has 4 rings (SSSR count). The molecule has 168 valence electrons. The molecule has 0 aliphatic carbocycles. The zero-order valence-corrected chi connectivity index (χ0v) is 18.8. The van der Waals surface area contributed by atoms with Gasteiger partial charge >= 0.3 is 0 Å². The van der Waals surface area contributed by atoms with Gasteiger partial charge in [0.2, 0.25) is 0 Å². The highest BCUT2D eigenvalue weighted by Gasteiger charge is 2.30. The molecule has 1 aromatic heterocycles. The van der Waals surface area contributed by atoms with E-state index in [1.165, 1.54) is 6.07 Å². The third kappa shape index (κ3) is 4.85. The number of para-hydroxylation sites is 1. The smallest absolute Gasteiger partial charge is 0.271 e. The standard InChI is InChI=1S/C24H26ClFN4O2/c1-16-13-21(28-30(16)18-7-4-3-5-8-18)24(31)27-14-22(29-11-12-32-17(2)15-29)23-19(25)9-6-10-20(23)26/h3-10,13,17,22H,11-12,14-15H2,1-2H3,(H,27,31). The summed E-state index contributed by atoms with van der Waals surface area (Å²) in [5, 5.41) is 7.74. The van der Waals surface area contributed by atoms with Crippen molar-refractivity contribution in [3.8, 4) is 5.69 Å². The minimum atomic E-state index is -0.420. The first-order valence-corrected chi connectivity index (χ1v) is 11.0. The predicted molar refractivity (Wildman–Crippen MR) is 122 cm³/mol. The number of rotatable bonds is 6. The van der Waals surface area contributed by atoms with Crippen LogP contribution in [0.1, 0.15) is 34.7 Å². The number of ether oxygens (including phenoxy) is 1. The van der Waals surface area contributed by atoms with E-state index in [4.69, 9.17) is 16.3 Å². The van der Waals surface area contributed by atoms with Gasteiger partial charge in [-0.3, -0.25) is 9.69 Å². The average Bonchev–Trinajstić information content (AvgIpc) is 3.18. The van der Waals surface area contributed by atoms with Crippen LogP contribution in [0.3, 0.4) is 0 Å². The van der Waals surface area contributed by atoms with Gasteiger partial charge in [0, 0.05) is 35.9 Å². The molecule has 0 spiro atoms. The van der Waals surface area contributed by atoms with E-state index in [0.717, 1.165) is 11.4 Å². The molecule has 2 heterocycles. The second-order valence-electron chi connectivity index (χ2n) is 7.96. The van der Waals surface area contributed by atoms with Gasteiger partial charge in [-0.1, -0.05) is 35.9 Å². The van der Waals surface area contributed by atoms with Crippen molar-refractivity contribution in [1.29, 1.82) is 0 Å². The van der Waals surface area contributed by atoms with Crippen LogP contribution in [0, 0.1) is 12.7 Å². The van der Waals surface area contributed by atoms with E-state index in [9.17, 15) is 9.18 Å². The van der Waals surface area contributed by atoms with Gasteiger partial charge in [0.05, 0.1) is 24.4 Å². The Morgan fingerprint density at radius 1 is 1.28 bits per heavy atom. The zero-order chi connectivity index (χ0) is 22.7. The largest absolute Gasteiger partial charge is 0.376 e. The Morgan fingerprint density at radius 2 is 2.06 bits per heavy atom. The van der Waals surface area contributed by atoms with E-state index >= 15 is 0 Å². The van der Waals surface area contributed by atoms with Crippen molar-refractivity contribution in [2.24, 2.45) is 0 Å². The van der Waals surface area contributed by atoms with E-state index in [0.29, 0.717) is 36.0 Å². The number of aryl methyl sites for hydroxylation is 1. The van der Waals surface area contributed by atoms with Gasteiger partial charge in [-0.25, -0.2) is 9.07 Å². The highest BCUT2D eigenvalue weighted by molar-refractivity contribution is 6.31. The third-order valence-electron chi connectivity index (χ3n) is 5.62. The second kappa shape index (κ2) is 9.81. The number of carbonyl (C=O) groups is 1. The van der Waals surface area contributed by atoms with Gasteiger partial charge in [-0.2, -0.15) is 5.10 Å². The predicted octanol–water partition coefficient (Wildman–Crippen LogP) is 4.17. The SMILES string of the molecule is Cc1cc(C(=O)NCC(c2c(F)cccc2Cl)N2CCOC(C)C2)nn1-c1ccccc1. The molecular weight excluding hydrogens is 431 g/mol. The molecule has 2 atom stereocenters. The summed E-state index contributed by atoms with van der Waals surface area (Å²) in [6.07, 6.45) is 0.0109. The number of nitrogens with zero attached hydrogens (tertiary/aromatic N) is 3. The monoisotopic (exact) mass is 456 g/mol. The fourth-order valence-corrected chi connectivity index (χ4v) is 4.36. The van der Waals surface area contributed by atoms with Gasteiger partial charge in [-0.15, -0.1) is 0 Å². The number of halogens is 2. The maximum atomic E-state index is 14.8. The molecule has 2 aromatic carbocycles. The summed E-state index contributed by atoms with van der Waals surface area (Å²) < 4.78 is 22.1. The number of hydrogen-bond donors (Lipinski definition) is 1. The van der Waals surface area contributed by atoms with E-state index in [-0.39, 0.29) is 24.4 Å². The van der Waals surface area contributed by atoms with Crippen molar-refractivity contribution >= 4 is 17.5 Å². The molecule has 0 saturated carbocycles. The number of amides is 1. The number of carbonyl (C=O) groups excluding carboxylic acids is 1. The minimum Gasteiger partial charge on any atom is -0.376 e. The van der Waals surface area contributed by atoms with Crippen LogP contribution in [0.5, 0.6) is 0 Å². The van der Waals surface area contributed by atoms with Crippen LogP contribution in [-0.2, 0) is 4.74 Å². The average molecular weight is 457 g/mol. The van der Waals surface area contributed by atoms with Crippen LogP contribution >= 0.6 is 11.6 Å². The van der Waals surface area contributed by atoms with Crippen LogP contribution in [0.4, 0.5) is 4.39 Å². The number of nitrogens with one attached hydrogen (secondary N) is 1. The molecule has 8 heteroatoms. The molecule has 0 radical (unpaired) electrons. The molecule has 2 unspecified atom stereocenters. The molecule has 1 aliphatic heterocycles. The maximum Gasteiger partial charge on any atom is 0.271 e. The van der Waals surface area contributed by atoms with E-state index in [1.807, 2.05) is 44.2 Å². The van der Waals surface area contributed by atoms with Crippen molar-refractivity contribution in [2.75, 3.05) is 26.2 Å². The number of hydrogen-bond acceptors (Lipinski definition) is 4. The first-order chi connectivity index (χ1) is 15.4. The molecule has 1 fully saturated rings. The fourth-order valence-electron chi connectivity index (χ4n) is 4.07. The topological polar surface area (TPSA) is 59.4 Å². The minimum absolute atomic E-state index is 0.0109. The van der Waals surface area contributed by atoms with Gasteiger partial charge in [0.25, 0.3) is 5.91 Å². The lowest BCUT2D eigenvalue weighted by molar-refractivity contribution is -0.0346. The molecular formula is C24H26ClFN4O2. The first kappa shape index (κ1) is 22.5. The Labute approximate surface area is 191 Å². The van der Waals surface area contributed by atoms with Crippen molar-refractivity contribution in [1.82, 2.24) is 20.0 Å². The molecule has 6 nitrogen and oxygen atoms in total. The van der Waals surface area contributed by atoms with Crippen molar-refractivity contribution < 1.29 is 13.9 Å². The van der Waals surface area contributed by atoms with Crippen LogP contribution in [0.2, 0.25) is 5.02 Å². The molecule has 1 N–H and O–H groups in total. The Balaban J connectivity index is 1.55. The zero-order valence-electron chi connectivity index (χ0n) is 18.1. The summed E-state index contributed by atoms with van der Waals surface area (Å²) in [4.78, 5) is 15.0. The van der Waals surface area contributed by atoms with Crippen LogP contribution < -0.4 is 5.32 Å². The highest BCUT2D eigenvalue weighted by atomic mass is 35.5. The Kier molecular flexibility index (Phi) is 6.89. The van der Waals surface area contributed by atoms with Crippen LogP contribution in [-0.4, -0.2) is 52.9 Å². The summed E-state index contributed by atoms with van der Waals surface area (Å²) in [5.41, 5.74) is 2.41. The highest BCUT2D eigenvalue weighted by Crippen LogP contribution is 2.31. The lowest BCUT2D eigenvalue weighted by atomic mass is 10.0. The van der Waals surface area contributed by atoms with E-state index in [2.05, 4.69) is 15.3 Å². The quantitative estimate of drug-likeness (QED) is 0.605. The maximum absolute atomic E-state index is 14.8. The van der Waals surface area contributed by atoms with Gasteiger partial charge in [0.1, 0.15) is 5.82 Å². The molecule has 3 aromatic rings. The Morgan fingerprint density at radius 3 is 2.78 bits per heavy atom. The number of aromatic nitrogens is 2. The normalized spacial score (nSPS) is 17.8. The molecule has 1 amide bonds. The Bertz CT molecular complexity index is 1070. The summed E-state index contributed by atoms with van der Waals surface area (Å²) in [5.74, 6) is -0.707. The van der Waals surface area contributed by atoms with Crippen LogP contribution in [0.25, 0.3) is 5.69 Å². The third-order valence-corrected chi connectivity index (χ3v) is 5.95. The van der Waals surface area contributed by atoms with Crippen molar-refractivity contribution in [2.45, 2.75) is 26.0 Å². The summed E-state index contributed by atoms with van der Waals surface area (Å²) in [6, 6.07) is 15.6. The van der Waals surface area contributed by atoms with Gasteiger partial charge in [0.15, 0.2) is 5.69 Å². The second-order valence-corrected chi connectivity index (χ2v) is 8.36. The molecule has 0 bridgehead atoms. The summed E-state index contributed by atoms with van der Waals surface area (Å²) >= 11 is 6.38. The molecule has 1 aliphatic rings. The lowest BCUT2D eigenvalue weighted by Gasteiger charge is -2.38. The summed E-state index contributed by atoms with van der Waals surface area (Å²) in [7, 11) is 0. The molecule has 32 heavy (non-hydrogen) atoms. The lowest BCUT2D eigenvalue weighted by Crippen LogP contribution is -2.47. The van der Waals surface area contributed by atoms with Gasteiger partial charge < -0.3 is 10.1 Å². The van der Waals surface area contributed by atoms with E-state index in [1.54, 1.807) is 22.9 Å². The number of morpholine rings is 1. The van der Waals surface area contributed by atoms with E-state index < -0.39 is 6.04 Å². The van der Waals surface area contributed by atoms with Crippen LogP contribution in [0.15, 0.2) is 54.6 Å². The van der Waals surface area contributed by atoms with Crippen molar-refractivity contribution in [3.05, 3.63) is 82.4 Å².